The minimum atomic E-state index is -1.00. The standard InChI is InChI=1S/C31H47N3O6S/c1-8-11-12-13-21-34(29(37)25(19-22-41-7)33-30(38)40-31(4,5)6)27(24-16-14-23(9-2)15-17-24)28(36)32-20-18-26(35)39-10-3/h2,14-17,25,27H,8,10-13,18-22H2,1,3-7H3,(H,32,36)(H,33,38). The van der Waals surface area contributed by atoms with E-state index in [2.05, 4.69) is 23.5 Å². The van der Waals surface area contributed by atoms with Gasteiger partial charge >= 0.3 is 12.1 Å². The first-order chi connectivity index (χ1) is 19.5. The fraction of sp³-hybridized carbons (Fsp3) is 0.613. The highest BCUT2D eigenvalue weighted by Gasteiger charge is 2.36. The molecule has 0 saturated carbocycles. The minimum absolute atomic E-state index is 0.00330. The van der Waals surface area contributed by atoms with Crippen LogP contribution in [0.5, 0.6) is 0 Å². The molecule has 2 atom stereocenters. The van der Waals surface area contributed by atoms with Crippen molar-refractivity contribution in [3.8, 4) is 12.3 Å². The summed E-state index contributed by atoms with van der Waals surface area (Å²) in [5.74, 6) is 1.94. The van der Waals surface area contributed by atoms with Gasteiger partial charge in [-0.1, -0.05) is 44.2 Å². The number of hydrogen-bond donors (Lipinski definition) is 2. The Bertz CT molecular complexity index is 1020. The highest BCUT2D eigenvalue weighted by Crippen LogP contribution is 2.25. The molecule has 41 heavy (non-hydrogen) atoms. The molecule has 0 fully saturated rings. The smallest absolute Gasteiger partial charge is 0.408 e. The van der Waals surface area contributed by atoms with E-state index in [1.165, 1.54) is 4.90 Å². The summed E-state index contributed by atoms with van der Waals surface area (Å²) in [6.07, 6.45) is 10.7. The zero-order chi connectivity index (χ0) is 30.8. The van der Waals surface area contributed by atoms with Gasteiger partial charge in [-0.05, 0) is 70.2 Å². The lowest BCUT2D eigenvalue weighted by molar-refractivity contribution is -0.144. The van der Waals surface area contributed by atoms with E-state index in [9.17, 15) is 19.2 Å². The van der Waals surface area contributed by atoms with E-state index in [0.717, 1.165) is 19.3 Å². The molecule has 0 aromatic heterocycles. The maximum Gasteiger partial charge on any atom is 0.408 e. The fourth-order valence-electron chi connectivity index (χ4n) is 4.07. The number of nitrogens with zero attached hydrogens (tertiary/aromatic N) is 1. The Hall–Kier alpha value is -3.19. The van der Waals surface area contributed by atoms with Gasteiger partial charge in [0, 0.05) is 18.7 Å². The molecule has 0 aliphatic heterocycles. The van der Waals surface area contributed by atoms with Crippen LogP contribution < -0.4 is 10.6 Å². The molecule has 228 valence electrons. The second-order valence-corrected chi connectivity index (χ2v) is 11.6. The lowest BCUT2D eigenvalue weighted by Gasteiger charge is -2.34. The molecule has 0 aliphatic carbocycles. The predicted octanol–water partition coefficient (Wildman–Crippen LogP) is 4.83. The highest BCUT2D eigenvalue weighted by atomic mass is 32.2. The molecule has 1 rings (SSSR count). The Labute approximate surface area is 249 Å². The Kier molecular flexibility index (Phi) is 16.6. The van der Waals surface area contributed by atoms with Crippen LogP contribution in [0.4, 0.5) is 4.79 Å². The summed E-state index contributed by atoms with van der Waals surface area (Å²) >= 11 is 1.55. The Balaban J connectivity index is 3.44. The van der Waals surface area contributed by atoms with Crippen molar-refractivity contribution in [1.82, 2.24) is 15.5 Å². The molecule has 1 aromatic carbocycles. The predicted molar refractivity (Wildman–Crippen MR) is 163 cm³/mol. The number of terminal acetylenes is 1. The summed E-state index contributed by atoms with van der Waals surface area (Å²) in [4.78, 5) is 54.0. The highest BCUT2D eigenvalue weighted by molar-refractivity contribution is 7.98. The van der Waals surface area contributed by atoms with Crippen LogP contribution in [0.1, 0.15) is 90.3 Å². The molecule has 2 N–H and O–H groups in total. The number of hydrogen-bond acceptors (Lipinski definition) is 7. The third kappa shape index (κ3) is 13.8. The van der Waals surface area contributed by atoms with Crippen LogP contribution in [0.25, 0.3) is 0 Å². The van der Waals surface area contributed by atoms with Crippen molar-refractivity contribution in [2.75, 3.05) is 31.7 Å². The van der Waals surface area contributed by atoms with Gasteiger partial charge in [-0.15, -0.1) is 6.42 Å². The van der Waals surface area contributed by atoms with Crippen molar-refractivity contribution in [2.24, 2.45) is 0 Å². The van der Waals surface area contributed by atoms with Crippen molar-refractivity contribution in [3.05, 3.63) is 35.4 Å². The van der Waals surface area contributed by atoms with Gasteiger partial charge in [0.15, 0.2) is 0 Å². The topological polar surface area (TPSA) is 114 Å². The van der Waals surface area contributed by atoms with Gasteiger partial charge in [-0.3, -0.25) is 14.4 Å². The van der Waals surface area contributed by atoms with E-state index in [-0.39, 0.29) is 25.5 Å². The first-order valence-corrected chi connectivity index (χ1v) is 15.7. The van der Waals surface area contributed by atoms with Crippen molar-refractivity contribution < 1.29 is 28.7 Å². The van der Waals surface area contributed by atoms with Crippen molar-refractivity contribution in [3.63, 3.8) is 0 Å². The number of carbonyl (C=O) groups is 4. The van der Waals surface area contributed by atoms with Gasteiger partial charge in [0.1, 0.15) is 17.7 Å². The van der Waals surface area contributed by atoms with Crippen molar-refractivity contribution in [2.45, 2.75) is 90.8 Å². The normalized spacial score (nSPS) is 12.4. The summed E-state index contributed by atoms with van der Waals surface area (Å²) in [6, 6.07) is 5.00. The quantitative estimate of drug-likeness (QED) is 0.152. The Morgan fingerprint density at radius 3 is 2.32 bits per heavy atom. The van der Waals surface area contributed by atoms with Gasteiger partial charge in [-0.2, -0.15) is 11.8 Å². The molecule has 0 spiro atoms. The van der Waals surface area contributed by atoms with Gasteiger partial charge in [0.05, 0.1) is 13.0 Å². The summed E-state index contributed by atoms with van der Waals surface area (Å²) in [5.41, 5.74) is 0.472. The first kappa shape index (κ1) is 35.8. The summed E-state index contributed by atoms with van der Waals surface area (Å²) in [7, 11) is 0. The van der Waals surface area contributed by atoms with Crippen LogP contribution in [-0.4, -0.2) is 72.1 Å². The molecule has 10 heteroatoms. The van der Waals surface area contributed by atoms with Crippen LogP contribution in [0.3, 0.4) is 0 Å². The fourth-order valence-corrected chi connectivity index (χ4v) is 4.54. The number of amides is 3. The molecular formula is C31H47N3O6S. The average molecular weight is 590 g/mol. The number of nitrogens with one attached hydrogen (secondary N) is 2. The molecule has 0 saturated heterocycles. The second kappa shape index (κ2) is 19.0. The van der Waals surface area contributed by atoms with Crippen LogP contribution in [0, 0.1) is 12.3 Å². The summed E-state index contributed by atoms with van der Waals surface area (Å²) in [5, 5.41) is 5.54. The van der Waals surface area contributed by atoms with E-state index >= 15 is 0 Å². The maximum atomic E-state index is 14.2. The minimum Gasteiger partial charge on any atom is -0.466 e. The molecule has 3 amide bonds. The Morgan fingerprint density at radius 1 is 1.07 bits per heavy atom. The molecule has 2 unspecified atom stereocenters. The molecule has 9 nitrogen and oxygen atoms in total. The number of ether oxygens (including phenoxy) is 2. The number of alkyl carbamates (subject to hydrolysis) is 1. The maximum absolute atomic E-state index is 14.2. The number of unbranched alkanes of at least 4 members (excludes halogenated alkanes) is 3. The Morgan fingerprint density at radius 2 is 1.76 bits per heavy atom. The van der Waals surface area contributed by atoms with Crippen LogP contribution >= 0.6 is 11.8 Å². The number of rotatable bonds is 17. The molecule has 0 aliphatic rings. The average Bonchev–Trinajstić information content (AvgIpc) is 2.91. The molecule has 0 radical (unpaired) electrons. The number of esters is 1. The monoisotopic (exact) mass is 589 g/mol. The third-order valence-electron chi connectivity index (χ3n) is 6.02. The largest absolute Gasteiger partial charge is 0.466 e. The lowest BCUT2D eigenvalue weighted by Crippen LogP contribution is -2.53. The number of thioether (sulfide) groups is 1. The van der Waals surface area contributed by atoms with Crippen LogP contribution in [0.2, 0.25) is 0 Å². The van der Waals surface area contributed by atoms with Gasteiger partial charge in [0.2, 0.25) is 11.8 Å². The van der Waals surface area contributed by atoms with E-state index in [4.69, 9.17) is 15.9 Å². The van der Waals surface area contributed by atoms with Gasteiger partial charge in [0.25, 0.3) is 0 Å². The number of carbonyl (C=O) groups excluding carboxylic acids is 4. The van der Waals surface area contributed by atoms with Crippen molar-refractivity contribution >= 4 is 35.6 Å². The van der Waals surface area contributed by atoms with E-state index in [0.29, 0.717) is 36.3 Å². The van der Waals surface area contributed by atoms with Crippen LogP contribution in [0.15, 0.2) is 24.3 Å². The van der Waals surface area contributed by atoms with E-state index in [1.54, 1.807) is 63.7 Å². The summed E-state index contributed by atoms with van der Waals surface area (Å²) in [6.45, 7) is 9.68. The molecular weight excluding hydrogens is 542 g/mol. The zero-order valence-electron chi connectivity index (χ0n) is 25.4. The van der Waals surface area contributed by atoms with Gasteiger partial charge < -0.3 is 25.0 Å². The molecule has 0 bridgehead atoms. The first-order valence-electron chi connectivity index (χ1n) is 14.3. The lowest BCUT2D eigenvalue weighted by atomic mass is 10.00. The van der Waals surface area contributed by atoms with E-state index in [1.807, 2.05) is 6.26 Å². The molecule has 0 heterocycles. The SMILES string of the molecule is C#Cc1ccc(C(C(=O)NCCC(=O)OCC)N(CCCCCC)C(=O)C(CCSC)NC(=O)OC(C)(C)C)cc1. The third-order valence-corrected chi connectivity index (χ3v) is 6.67. The zero-order valence-corrected chi connectivity index (χ0v) is 26.2. The van der Waals surface area contributed by atoms with Gasteiger partial charge in [-0.25, -0.2) is 4.79 Å². The number of benzene rings is 1. The van der Waals surface area contributed by atoms with Crippen LogP contribution in [-0.2, 0) is 23.9 Å². The summed E-state index contributed by atoms with van der Waals surface area (Å²) < 4.78 is 10.4. The van der Waals surface area contributed by atoms with E-state index < -0.39 is 35.7 Å². The second-order valence-electron chi connectivity index (χ2n) is 10.6. The molecule has 1 aromatic rings. The van der Waals surface area contributed by atoms with Crippen molar-refractivity contribution in [1.29, 1.82) is 0 Å².